The molecule has 1 heterocycles. The van der Waals surface area contributed by atoms with Crippen molar-refractivity contribution >= 4 is 18.3 Å². The van der Waals surface area contributed by atoms with E-state index >= 15 is 0 Å². The van der Waals surface area contributed by atoms with Gasteiger partial charge in [-0.05, 0) is 70.7 Å². The van der Waals surface area contributed by atoms with Crippen LogP contribution in [-0.2, 0) is 11.3 Å². The Balaban J connectivity index is 0.00000288. The maximum absolute atomic E-state index is 12.1. The number of amides is 1. The molecule has 2 rings (SSSR count). The number of hydrogen-bond acceptors (Lipinski definition) is 3. The summed E-state index contributed by atoms with van der Waals surface area (Å²) in [4.78, 5) is 12.1. The summed E-state index contributed by atoms with van der Waals surface area (Å²) in [5.74, 6) is 1.71. The van der Waals surface area contributed by atoms with Crippen LogP contribution >= 0.6 is 12.4 Å². The van der Waals surface area contributed by atoms with Crippen molar-refractivity contribution in [2.24, 2.45) is 5.92 Å². The van der Waals surface area contributed by atoms with Crippen LogP contribution in [0.25, 0.3) is 0 Å². The Morgan fingerprint density at radius 1 is 1.33 bits per heavy atom. The zero-order valence-electron chi connectivity index (χ0n) is 15.1. The number of nitrogens with one attached hydrogen (secondary N) is 2. The van der Waals surface area contributed by atoms with Gasteiger partial charge in [0.25, 0.3) is 0 Å². The Morgan fingerprint density at radius 3 is 2.71 bits per heavy atom. The predicted molar refractivity (Wildman–Crippen MR) is 101 cm³/mol. The van der Waals surface area contributed by atoms with Crippen molar-refractivity contribution in [1.82, 2.24) is 10.6 Å². The third kappa shape index (κ3) is 7.10. The molecule has 0 spiro atoms. The normalized spacial score (nSPS) is 15.0. The van der Waals surface area contributed by atoms with Crippen molar-refractivity contribution in [2.75, 3.05) is 13.1 Å². The van der Waals surface area contributed by atoms with Gasteiger partial charge in [-0.25, -0.2) is 0 Å². The molecule has 1 aliphatic heterocycles. The van der Waals surface area contributed by atoms with Gasteiger partial charge in [0.05, 0.1) is 6.10 Å². The van der Waals surface area contributed by atoms with E-state index in [0.717, 1.165) is 30.8 Å². The van der Waals surface area contributed by atoms with E-state index in [-0.39, 0.29) is 24.4 Å². The van der Waals surface area contributed by atoms with E-state index in [1.165, 1.54) is 18.4 Å². The van der Waals surface area contributed by atoms with Crippen LogP contribution in [0.1, 0.15) is 50.7 Å². The van der Waals surface area contributed by atoms with E-state index in [4.69, 9.17) is 4.74 Å². The fourth-order valence-corrected chi connectivity index (χ4v) is 2.96. The summed E-state index contributed by atoms with van der Waals surface area (Å²) < 4.78 is 5.86. The SMILES string of the molecule is Cc1ccc(CNC(=O)CCC2CCNCC2)c(OC(C)C)c1.Cl. The molecule has 1 saturated heterocycles. The maximum Gasteiger partial charge on any atom is 0.220 e. The summed E-state index contributed by atoms with van der Waals surface area (Å²) in [5, 5.41) is 6.40. The van der Waals surface area contributed by atoms with Crippen molar-refractivity contribution in [3.8, 4) is 5.75 Å². The Labute approximate surface area is 152 Å². The quantitative estimate of drug-likeness (QED) is 0.786. The number of carbonyl (C=O) groups excluding carboxylic acids is 1. The molecule has 0 atom stereocenters. The number of benzene rings is 1. The minimum Gasteiger partial charge on any atom is -0.491 e. The highest BCUT2D eigenvalue weighted by molar-refractivity contribution is 5.85. The summed E-state index contributed by atoms with van der Waals surface area (Å²) in [5.41, 5.74) is 2.21. The Bertz CT molecular complexity index is 514. The molecule has 0 unspecified atom stereocenters. The molecular formula is C19H31ClN2O2. The van der Waals surface area contributed by atoms with Crippen LogP contribution in [0, 0.1) is 12.8 Å². The van der Waals surface area contributed by atoms with Crippen molar-refractivity contribution in [3.05, 3.63) is 29.3 Å². The van der Waals surface area contributed by atoms with Gasteiger partial charge in [0, 0.05) is 18.5 Å². The number of aryl methyl sites for hydroxylation is 1. The van der Waals surface area contributed by atoms with E-state index in [2.05, 4.69) is 23.6 Å². The maximum atomic E-state index is 12.1. The number of rotatable bonds is 7. The number of carbonyl (C=O) groups is 1. The van der Waals surface area contributed by atoms with E-state index in [9.17, 15) is 4.79 Å². The lowest BCUT2D eigenvalue weighted by molar-refractivity contribution is -0.121. The largest absolute Gasteiger partial charge is 0.491 e. The minimum atomic E-state index is 0. The second kappa shape index (κ2) is 10.6. The Morgan fingerprint density at radius 2 is 2.04 bits per heavy atom. The Kier molecular flexibility index (Phi) is 9.16. The summed E-state index contributed by atoms with van der Waals surface area (Å²) in [6.45, 7) is 8.80. The first-order chi connectivity index (χ1) is 11.0. The number of hydrogen-bond donors (Lipinski definition) is 2. The molecule has 0 radical (unpaired) electrons. The fourth-order valence-electron chi connectivity index (χ4n) is 2.96. The number of piperidine rings is 1. The highest BCUT2D eigenvalue weighted by Crippen LogP contribution is 2.22. The van der Waals surface area contributed by atoms with Crippen molar-refractivity contribution in [2.45, 2.75) is 59.1 Å². The topological polar surface area (TPSA) is 50.4 Å². The van der Waals surface area contributed by atoms with Gasteiger partial charge < -0.3 is 15.4 Å². The standard InChI is InChI=1S/C19H30N2O2.ClH/c1-14(2)23-18-12-15(3)4-6-17(18)13-21-19(22)7-5-16-8-10-20-11-9-16;/h4,6,12,14,16,20H,5,7-11,13H2,1-3H3,(H,21,22);1H. The van der Waals surface area contributed by atoms with Gasteiger partial charge in [0.1, 0.15) is 5.75 Å². The number of halogens is 1. The molecule has 5 heteroatoms. The van der Waals surface area contributed by atoms with E-state index in [0.29, 0.717) is 18.9 Å². The lowest BCUT2D eigenvalue weighted by Crippen LogP contribution is -2.29. The predicted octanol–water partition coefficient (Wildman–Crippen LogP) is 3.60. The molecule has 1 aromatic carbocycles. The van der Waals surface area contributed by atoms with Crippen LogP contribution in [0.15, 0.2) is 18.2 Å². The van der Waals surface area contributed by atoms with Gasteiger partial charge in [0.2, 0.25) is 5.91 Å². The highest BCUT2D eigenvalue weighted by atomic mass is 35.5. The van der Waals surface area contributed by atoms with Gasteiger partial charge in [-0.3, -0.25) is 4.79 Å². The molecule has 0 bridgehead atoms. The molecule has 0 saturated carbocycles. The molecule has 1 amide bonds. The van der Waals surface area contributed by atoms with Crippen LogP contribution in [0.5, 0.6) is 5.75 Å². The first-order valence-corrected chi connectivity index (χ1v) is 8.78. The van der Waals surface area contributed by atoms with Crippen LogP contribution in [-0.4, -0.2) is 25.1 Å². The van der Waals surface area contributed by atoms with E-state index in [1.54, 1.807) is 0 Å². The fraction of sp³-hybridized carbons (Fsp3) is 0.632. The molecule has 4 nitrogen and oxygen atoms in total. The molecular weight excluding hydrogens is 324 g/mol. The van der Waals surface area contributed by atoms with Gasteiger partial charge in [-0.1, -0.05) is 12.1 Å². The lowest BCUT2D eigenvalue weighted by Gasteiger charge is -2.22. The smallest absolute Gasteiger partial charge is 0.220 e. The van der Waals surface area contributed by atoms with E-state index < -0.39 is 0 Å². The highest BCUT2D eigenvalue weighted by Gasteiger charge is 2.14. The third-order valence-electron chi connectivity index (χ3n) is 4.30. The van der Waals surface area contributed by atoms with Gasteiger partial charge >= 0.3 is 0 Å². The van der Waals surface area contributed by atoms with Crippen molar-refractivity contribution in [3.63, 3.8) is 0 Å². The number of ether oxygens (including phenoxy) is 1. The van der Waals surface area contributed by atoms with Crippen LogP contribution < -0.4 is 15.4 Å². The van der Waals surface area contributed by atoms with Gasteiger partial charge in [0.15, 0.2) is 0 Å². The average Bonchev–Trinajstić information content (AvgIpc) is 2.52. The van der Waals surface area contributed by atoms with Crippen LogP contribution in [0.2, 0.25) is 0 Å². The molecule has 0 aromatic heterocycles. The minimum absolute atomic E-state index is 0. The third-order valence-corrected chi connectivity index (χ3v) is 4.30. The molecule has 1 aliphatic rings. The Hall–Kier alpha value is -1.26. The summed E-state index contributed by atoms with van der Waals surface area (Å²) in [6, 6.07) is 6.14. The molecule has 1 aromatic rings. The molecule has 136 valence electrons. The van der Waals surface area contributed by atoms with E-state index in [1.807, 2.05) is 26.0 Å². The molecule has 0 aliphatic carbocycles. The molecule has 24 heavy (non-hydrogen) atoms. The van der Waals surface area contributed by atoms with Crippen molar-refractivity contribution in [1.29, 1.82) is 0 Å². The van der Waals surface area contributed by atoms with Gasteiger partial charge in [-0.2, -0.15) is 0 Å². The monoisotopic (exact) mass is 354 g/mol. The van der Waals surface area contributed by atoms with Crippen LogP contribution in [0.3, 0.4) is 0 Å². The average molecular weight is 355 g/mol. The zero-order valence-corrected chi connectivity index (χ0v) is 15.9. The summed E-state index contributed by atoms with van der Waals surface area (Å²) >= 11 is 0. The second-order valence-electron chi connectivity index (χ2n) is 6.79. The summed E-state index contributed by atoms with van der Waals surface area (Å²) in [6.07, 6.45) is 4.13. The summed E-state index contributed by atoms with van der Waals surface area (Å²) in [7, 11) is 0. The zero-order chi connectivity index (χ0) is 16.7. The van der Waals surface area contributed by atoms with Crippen molar-refractivity contribution < 1.29 is 9.53 Å². The molecule has 2 N–H and O–H groups in total. The lowest BCUT2D eigenvalue weighted by atomic mass is 9.93. The van der Waals surface area contributed by atoms with Gasteiger partial charge in [-0.15, -0.1) is 12.4 Å². The second-order valence-corrected chi connectivity index (χ2v) is 6.79. The first-order valence-electron chi connectivity index (χ1n) is 8.78. The molecule has 1 fully saturated rings. The first kappa shape index (κ1) is 20.8. The van der Waals surface area contributed by atoms with Crippen LogP contribution in [0.4, 0.5) is 0 Å².